The molecule has 0 heterocycles. The summed E-state index contributed by atoms with van der Waals surface area (Å²) >= 11 is 2.93. The summed E-state index contributed by atoms with van der Waals surface area (Å²) in [6.07, 6.45) is -1.61. The van der Waals surface area contributed by atoms with Crippen LogP contribution in [0.3, 0.4) is 0 Å². The van der Waals surface area contributed by atoms with Crippen molar-refractivity contribution >= 4 is 33.8 Å². The Labute approximate surface area is 133 Å². The molecule has 0 aliphatic rings. The molecule has 0 aromatic rings. The maximum Gasteiger partial charge on any atom is 0.348 e. The minimum absolute atomic E-state index is 0.0675. The lowest BCUT2D eigenvalue weighted by atomic mass is 10.2. The summed E-state index contributed by atoms with van der Waals surface area (Å²) in [5.41, 5.74) is 0. The molecule has 0 aliphatic carbocycles. The summed E-state index contributed by atoms with van der Waals surface area (Å²) in [6.45, 7) is 7.99. The van der Waals surface area contributed by atoms with Gasteiger partial charge in [0.15, 0.2) is 0 Å². The van der Waals surface area contributed by atoms with Crippen LogP contribution in [0.2, 0.25) is 0 Å². The third kappa shape index (κ3) is 10.3. The van der Waals surface area contributed by atoms with Crippen molar-refractivity contribution < 1.29 is 28.6 Å². The topological polar surface area (TPSA) is 78.9 Å². The summed E-state index contributed by atoms with van der Waals surface area (Å²) in [5.74, 6) is -1.64. The van der Waals surface area contributed by atoms with E-state index in [1.165, 1.54) is 0 Å². The summed E-state index contributed by atoms with van der Waals surface area (Å²) in [6, 6.07) is 0. The second kappa shape index (κ2) is 10.6. The second-order valence-electron chi connectivity index (χ2n) is 5.42. The van der Waals surface area contributed by atoms with Crippen molar-refractivity contribution in [1.29, 1.82) is 0 Å². The molecule has 6 nitrogen and oxygen atoms in total. The molecule has 7 heteroatoms. The Morgan fingerprint density at radius 3 is 1.90 bits per heavy atom. The van der Waals surface area contributed by atoms with E-state index in [-0.39, 0.29) is 36.8 Å². The van der Waals surface area contributed by atoms with Gasteiger partial charge in [-0.3, -0.25) is 9.59 Å². The molecule has 0 saturated heterocycles. The zero-order valence-corrected chi connectivity index (χ0v) is 14.5. The van der Waals surface area contributed by atoms with Crippen LogP contribution >= 0.6 is 15.9 Å². The highest BCUT2D eigenvalue weighted by Crippen LogP contribution is 2.08. The van der Waals surface area contributed by atoms with E-state index in [0.717, 1.165) is 0 Å². The largest absolute Gasteiger partial charge is 0.465 e. The van der Waals surface area contributed by atoms with E-state index >= 15 is 0 Å². The number of esters is 3. The minimum atomic E-state index is -1.27. The molecule has 0 amide bonds. The van der Waals surface area contributed by atoms with Gasteiger partial charge in [-0.05, 0) is 11.8 Å². The second-order valence-corrected chi connectivity index (χ2v) is 5.98. The van der Waals surface area contributed by atoms with Gasteiger partial charge in [0.05, 0.1) is 19.6 Å². The lowest BCUT2D eigenvalue weighted by Crippen LogP contribution is -2.33. The minimum Gasteiger partial charge on any atom is -0.465 e. The van der Waals surface area contributed by atoms with Crippen molar-refractivity contribution in [3.8, 4) is 0 Å². The molecule has 0 bridgehead atoms. The average molecular weight is 367 g/mol. The van der Waals surface area contributed by atoms with Crippen LogP contribution in [0, 0.1) is 11.8 Å². The maximum atomic E-state index is 11.9. The van der Waals surface area contributed by atoms with Gasteiger partial charge in [-0.2, -0.15) is 0 Å². The number of carbonyl (C=O) groups excluding carboxylic acids is 3. The molecule has 1 atom stereocenters. The van der Waals surface area contributed by atoms with Crippen LogP contribution in [0.1, 0.15) is 34.1 Å². The van der Waals surface area contributed by atoms with E-state index in [0.29, 0.717) is 0 Å². The van der Waals surface area contributed by atoms with Crippen LogP contribution in [-0.2, 0) is 28.6 Å². The van der Waals surface area contributed by atoms with Crippen LogP contribution in [0.4, 0.5) is 0 Å². The molecule has 0 rings (SSSR count). The highest BCUT2D eigenvalue weighted by atomic mass is 79.9. The zero-order chi connectivity index (χ0) is 16.4. The SMILES string of the molecule is CC(C)COC(=O)C[C@@H](OC(=O)CBr)C(=O)OCC(C)C. The normalized spacial score (nSPS) is 12.1. The van der Waals surface area contributed by atoms with E-state index in [1.54, 1.807) is 0 Å². The highest BCUT2D eigenvalue weighted by molar-refractivity contribution is 9.09. The molecule has 122 valence electrons. The average Bonchev–Trinajstić information content (AvgIpc) is 2.41. The van der Waals surface area contributed by atoms with Crippen molar-refractivity contribution in [3.63, 3.8) is 0 Å². The number of hydrogen-bond donors (Lipinski definition) is 0. The van der Waals surface area contributed by atoms with Crippen LogP contribution < -0.4 is 0 Å². The highest BCUT2D eigenvalue weighted by Gasteiger charge is 2.28. The number of rotatable bonds is 9. The number of carbonyl (C=O) groups is 3. The number of ether oxygens (including phenoxy) is 3. The number of hydrogen-bond acceptors (Lipinski definition) is 6. The maximum absolute atomic E-state index is 11.9. The van der Waals surface area contributed by atoms with Crippen molar-refractivity contribution in [1.82, 2.24) is 0 Å². The van der Waals surface area contributed by atoms with Gasteiger partial charge in [-0.1, -0.05) is 43.6 Å². The first-order valence-corrected chi connectivity index (χ1v) is 7.96. The van der Waals surface area contributed by atoms with Crippen molar-refractivity contribution in [2.24, 2.45) is 11.8 Å². The van der Waals surface area contributed by atoms with Crippen molar-refractivity contribution in [3.05, 3.63) is 0 Å². The molecule has 0 aromatic heterocycles. The van der Waals surface area contributed by atoms with Crippen molar-refractivity contribution in [2.75, 3.05) is 18.5 Å². The van der Waals surface area contributed by atoms with Gasteiger partial charge >= 0.3 is 17.9 Å². The van der Waals surface area contributed by atoms with Gasteiger partial charge in [0, 0.05) is 0 Å². The van der Waals surface area contributed by atoms with Crippen LogP contribution in [0.25, 0.3) is 0 Å². The van der Waals surface area contributed by atoms with Crippen LogP contribution in [-0.4, -0.2) is 42.6 Å². The van der Waals surface area contributed by atoms with Gasteiger partial charge in [-0.15, -0.1) is 0 Å². The summed E-state index contributed by atoms with van der Waals surface area (Å²) < 4.78 is 14.9. The van der Waals surface area contributed by atoms with Gasteiger partial charge in [-0.25, -0.2) is 4.79 Å². The summed E-state index contributed by atoms with van der Waals surface area (Å²) in [4.78, 5) is 34.8. The third-order valence-electron chi connectivity index (χ3n) is 2.13. The molecular formula is C14H23BrO6. The third-order valence-corrected chi connectivity index (χ3v) is 2.59. The first-order chi connectivity index (χ1) is 9.76. The molecule has 0 fully saturated rings. The fourth-order valence-electron chi connectivity index (χ4n) is 1.17. The molecule has 0 aromatic carbocycles. The molecule has 0 spiro atoms. The Morgan fingerprint density at radius 2 is 1.43 bits per heavy atom. The molecule has 0 unspecified atom stereocenters. The first-order valence-electron chi connectivity index (χ1n) is 6.83. The van der Waals surface area contributed by atoms with E-state index in [9.17, 15) is 14.4 Å². The standard InChI is InChI=1S/C14H23BrO6/c1-9(2)7-19-12(16)5-11(21-13(17)6-15)14(18)20-8-10(3)4/h9-11H,5-8H2,1-4H3/t11-/m1/s1. The Balaban J connectivity index is 4.54. The predicted octanol–water partition coefficient (Wildman–Crippen LogP) is 2.08. The summed E-state index contributed by atoms with van der Waals surface area (Å²) in [5, 5.41) is -0.0675. The molecule has 21 heavy (non-hydrogen) atoms. The van der Waals surface area contributed by atoms with Crippen LogP contribution in [0.5, 0.6) is 0 Å². The lowest BCUT2D eigenvalue weighted by Gasteiger charge is -2.17. The lowest BCUT2D eigenvalue weighted by molar-refractivity contribution is -0.171. The van der Waals surface area contributed by atoms with Crippen molar-refractivity contribution in [2.45, 2.75) is 40.2 Å². The zero-order valence-electron chi connectivity index (χ0n) is 12.9. The quantitative estimate of drug-likeness (QED) is 0.353. The van der Waals surface area contributed by atoms with E-state index in [4.69, 9.17) is 14.2 Å². The first kappa shape index (κ1) is 19.9. The fourth-order valence-corrected chi connectivity index (χ4v) is 1.31. The number of halogens is 1. The Morgan fingerprint density at radius 1 is 0.905 bits per heavy atom. The van der Waals surface area contributed by atoms with E-state index in [1.807, 2.05) is 27.7 Å². The summed E-state index contributed by atoms with van der Waals surface area (Å²) in [7, 11) is 0. The Kier molecular flexibility index (Phi) is 10.0. The molecule has 0 saturated carbocycles. The fraction of sp³-hybridized carbons (Fsp3) is 0.786. The van der Waals surface area contributed by atoms with Gasteiger partial charge in [0.2, 0.25) is 6.10 Å². The Bertz CT molecular complexity index is 353. The van der Waals surface area contributed by atoms with Gasteiger partial charge in [0.1, 0.15) is 5.33 Å². The molecule has 0 radical (unpaired) electrons. The van der Waals surface area contributed by atoms with E-state index in [2.05, 4.69) is 15.9 Å². The van der Waals surface area contributed by atoms with E-state index < -0.39 is 24.0 Å². The molecule has 0 N–H and O–H groups in total. The molecule has 0 aliphatic heterocycles. The van der Waals surface area contributed by atoms with Crippen LogP contribution in [0.15, 0.2) is 0 Å². The predicted molar refractivity (Wildman–Crippen MR) is 79.9 cm³/mol. The number of alkyl halides is 1. The molecular weight excluding hydrogens is 344 g/mol. The monoisotopic (exact) mass is 366 g/mol. The Hall–Kier alpha value is -1.11. The smallest absolute Gasteiger partial charge is 0.348 e. The van der Waals surface area contributed by atoms with Gasteiger partial charge in [0.25, 0.3) is 0 Å². The van der Waals surface area contributed by atoms with Gasteiger partial charge < -0.3 is 14.2 Å².